The molecule has 0 aliphatic carbocycles. The number of ether oxygens (including phenoxy) is 1. The SMILES string of the molecule is O=C(NC[C@@H](O)c1ccsc1)C1=Cc2ccccc2OC1. The number of carbonyl (C=O) groups excluding carboxylic acids is 1. The lowest BCUT2D eigenvalue weighted by atomic mass is 10.1. The van der Waals surface area contributed by atoms with Crippen molar-refractivity contribution in [2.45, 2.75) is 6.10 Å². The van der Waals surface area contributed by atoms with Crippen molar-refractivity contribution >= 4 is 23.3 Å². The van der Waals surface area contributed by atoms with E-state index in [0.29, 0.717) is 5.57 Å². The maximum absolute atomic E-state index is 12.1. The van der Waals surface area contributed by atoms with Gasteiger partial charge in [0.05, 0.1) is 11.7 Å². The molecule has 0 bridgehead atoms. The highest BCUT2D eigenvalue weighted by molar-refractivity contribution is 7.07. The number of benzene rings is 1. The number of carbonyl (C=O) groups is 1. The number of aliphatic hydroxyl groups is 1. The lowest BCUT2D eigenvalue weighted by Gasteiger charge is -2.18. The van der Waals surface area contributed by atoms with Gasteiger partial charge < -0.3 is 15.2 Å². The van der Waals surface area contributed by atoms with E-state index < -0.39 is 6.10 Å². The first-order valence-corrected chi connectivity index (χ1v) is 7.59. The average Bonchev–Trinajstić information content (AvgIpc) is 3.06. The molecule has 4 nitrogen and oxygen atoms in total. The number of thiophene rings is 1. The molecule has 2 heterocycles. The van der Waals surface area contributed by atoms with Crippen molar-refractivity contribution in [3.05, 3.63) is 57.8 Å². The second-order valence-corrected chi connectivity index (χ2v) is 5.56. The zero-order valence-electron chi connectivity index (χ0n) is 11.3. The van der Waals surface area contributed by atoms with Gasteiger partial charge in [-0.3, -0.25) is 4.79 Å². The summed E-state index contributed by atoms with van der Waals surface area (Å²) in [5.41, 5.74) is 2.28. The van der Waals surface area contributed by atoms with E-state index in [2.05, 4.69) is 5.32 Å². The van der Waals surface area contributed by atoms with Gasteiger partial charge in [-0.05, 0) is 34.5 Å². The maximum Gasteiger partial charge on any atom is 0.250 e. The average molecular weight is 301 g/mol. The minimum absolute atomic E-state index is 0.189. The molecular weight excluding hydrogens is 286 g/mol. The van der Waals surface area contributed by atoms with Crippen LogP contribution in [0.25, 0.3) is 6.08 Å². The molecule has 3 rings (SSSR count). The summed E-state index contributed by atoms with van der Waals surface area (Å²) in [4.78, 5) is 12.1. The summed E-state index contributed by atoms with van der Waals surface area (Å²) in [6.45, 7) is 0.436. The first-order chi connectivity index (χ1) is 10.2. The monoisotopic (exact) mass is 301 g/mol. The third-order valence-corrected chi connectivity index (χ3v) is 4.01. The fourth-order valence-corrected chi connectivity index (χ4v) is 2.84. The number of rotatable bonds is 4. The quantitative estimate of drug-likeness (QED) is 0.911. The van der Waals surface area contributed by atoms with E-state index in [4.69, 9.17) is 4.74 Å². The highest BCUT2D eigenvalue weighted by atomic mass is 32.1. The Morgan fingerprint density at radius 1 is 1.38 bits per heavy atom. The van der Waals surface area contributed by atoms with Crippen molar-refractivity contribution in [3.63, 3.8) is 0 Å². The summed E-state index contributed by atoms with van der Waals surface area (Å²) in [5, 5.41) is 16.5. The number of hydrogen-bond acceptors (Lipinski definition) is 4. The van der Waals surface area contributed by atoms with E-state index in [9.17, 15) is 9.90 Å². The minimum Gasteiger partial charge on any atom is -0.488 e. The van der Waals surface area contributed by atoms with Crippen molar-refractivity contribution in [2.75, 3.05) is 13.2 Å². The minimum atomic E-state index is -0.683. The molecule has 1 atom stereocenters. The zero-order chi connectivity index (χ0) is 14.7. The summed E-state index contributed by atoms with van der Waals surface area (Å²) in [6.07, 6.45) is 1.14. The van der Waals surface area contributed by atoms with Crippen molar-refractivity contribution in [1.29, 1.82) is 0 Å². The van der Waals surface area contributed by atoms with Crippen LogP contribution in [-0.2, 0) is 4.79 Å². The number of hydrogen-bond donors (Lipinski definition) is 2. The smallest absolute Gasteiger partial charge is 0.250 e. The Labute approximate surface area is 126 Å². The van der Waals surface area contributed by atoms with Crippen LogP contribution in [0, 0.1) is 0 Å². The van der Waals surface area contributed by atoms with E-state index in [1.165, 1.54) is 11.3 Å². The van der Waals surface area contributed by atoms with Crippen LogP contribution in [0.1, 0.15) is 17.2 Å². The van der Waals surface area contributed by atoms with Gasteiger partial charge in [0.2, 0.25) is 0 Å². The normalized spacial score (nSPS) is 14.6. The zero-order valence-corrected chi connectivity index (χ0v) is 12.1. The Balaban J connectivity index is 1.63. The van der Waals surface area contributed by atoms with Crippen LogP contribution in [0.3, 0.4) is 0 Å². The van der Waals surface area contributed by atoms with E-state index >= 15 is 0 Å². The van der Waals surface area contributed by atoms with E-state index in [1.54, 1.807) is 0 Å². The molecule has 0 fully saturated rings. The van der Waals surface area contributed by atoms with E-state index in [1.807, 2.05) is 47.2 Å². The van der Waals surface area contributed by atoms with Gasteiger partial charge in [-0.25, -0.2) is 0 Å². The van der Waals surface area contributed by atoms with Crippen LogP contribution >= 0.6 is 11.3 Å². The molecule has 108 valence electrons. The molecule has 1 aromatic carbocycles. The van der Waals surface area contributed by atoms with Gasteiger partial charge in [0, 0.05) is 12.1 Å². The lowest BCUT2D eigenvalue weighted by Crippen LogP contribution is -2.31. The summed E-state index contributed by atoms with van der Waals surface area (Å²) < 4.78 is 5.55. The Bertz CT molecular complexity index is 664. The summed E-state index contributed by atoms with van der Waals surface area (Å²) in [6, 6.07) is 9.43. The summed E-state index contributed by atoms with van der Waals surface area (Å²) >= 11 is 1.52. The molecule has 0 radical (unpaired) electrons. The molecule has 0 saturated carbocycles. The fourth-order valence-electron chi connectivity index (χ4n) is 2.13. The first kappa shape index (κ1) is 13.9. The van der Waals surface area contributed by atoms with Crippen molar-refractivity contribution < 1.29 is 14.6 Å². The number of nitrogens with one attached hydrogen (secondary N) is 1. The maximum atomic E-state index is 12.1. The molecule has 2 aromatic rings. The molecule has 2 N–H and O–H groups in total. The highest BCUT2D eigenvalue weighted by Crippen LogP contribution is 2.25. The van der Waals surface area contributed by atoms with Gasteiger partial charge in [-0.1, -0.05) is 18.2 Å². The largest absolute Gasteiger partial charge is 0.488 e. The second kappa shape index (κ2) is 6.11. The van der Waals surface area contributed by atoms with Gasteiger partial charge in [0.1, 0.15) is 12.4 Å². The number of para-hydroxylation sites is 1. The topological polar surface area (TPSA) is 58.6 Å². The number of aliphatic hydroxyl groups excluding tert-OH is 1. The molecule has 0 unspecified atom stereocenters. The Kier molecular flexibility index (Phi) is 4.03. The summed E-state index contributed by atoms with van der Waals surface area (Å²) in [7, 11) is 0. The molecule has 5 heteroatoms. The Hall–Kier alpha value is -2.11. The predicted molar refractivity (Wildman–Crippen MR) is 82.2 cm³/mol. The molecule has 1 aliphatic heterocycles. The molecular formula is C16H15NO3S. The number of fused-ring (bicyclic) bond motifs is 1. The molecule has 1 aromatic heterocycles. The van der Waals surface area contributed by atoms with Gasteiger partial charge in [0.25, 0.3) is 5.91 Å². The van der Waals surface area contributed by atoms with Crippen molar-refractivity contribution in [2.24, 2.45) is 0 Å². The first-order valence-electron chi connectivity index (χ1n) is 6.65. The van der Waals surface area contributed by atoms with Gasteiger partial charge in [0.15, 0.2) is 0 Å². The van der Waals surface area contributed by atoms with Crippen LogP contribution in [0.5, 0.6) is 5.75 Å². The van der Waals surface area contributed by atoms with Gasteiger partial charge in [-0.2, -0.15) is 11.3 Å². The van der Waals surface area contributed by atoms with Gasteiger partial charge in [-0.15, -0.1) is 0 Å². The second-order valence-electron chi connectivity index (χ2n) is 4.78. The molecule has 1 aliphatic rings. The molecule has 0 saturated heterocycles. The number of amides is 1. The highest BCUT2D eigenvalue weighted by Gasteiger charge is 2.18. The van der Waals surface area contributed by atoms with Gasteiger partial charge >= 0.3 is 0 Å². The van der Waals surface area contributed by atoms with E-state index in [-0.39, 0.29) is 19.1 Å². The Morgan fingerprint density at radius 2 is 2.24 bits per heavy atom. The van der Waals surface area contributed by atoms with E-state index in [0.717, 1.165) is 16.9 Å². The standard InChI is InChI=1S/C16H15NO3S/c18-14(12-5-6-21-10-12)8-17-16(19)13-7-11-3-1-2-4-15(11)20-9-13/h1-7,10,14,18H,8-9H2,(H,17,19)/t14-/m1/s1. The van der Waals surface area contributed by atoms with Crippen LogP contribution in [0.4, 0.5) is 0 Å². The molecule has 1 amide bonds. The Morgan fingerprint density at radius 3 is 3.05 bits per heavy atom. The molecule has 21 heavy (non-hydrogen) atoms. The fraction of sp³-hybridized carbons (Fsp3) is 0.188. The van der Waals surface area contributed by atoms with Crippen LogP contribution < -0.4 is 10.1 Å². The van der Waals surface area contributed by atoms with Crippen LogP contribution in [0.15, 0.2) is 46.7 Å². The molecule has 0 spiro atoms. The summed E-state index contributed by atoms with van der Waals surface area (Å²) in [5.74, 6) is 0.575. The lowest BCUT2D eigenvalue weighted by molar-refractivity contribution is -0.118. The predicted octanol–water partition coefficient (Wildman–Crippen LogP) is 2.37. The van der Waals surface area contributed by atoms with Crippen molar-refractivity contribution in [3.8, 4) is 5.75 Å². The van der Waals surface area contributed by atoms with Crippen molar-refractivity contribution in [1.82, 2.24) is 5.32 Å². The third-order valence-electron chi connectivity index (χ3n) is 3.31. The van der Waals surface area contributed by atoms with Crippen LogP contribution in [-0.4, -0.2) is 24.2 Å². The van der Waals surface area contributed by atoms with Crippen LogP contribution in [0.2, 0.25) is 0 Å². The third kappa shape index (κ3) is 3.15.